The molecule has 10 N–H and O–H groups in total. The van der Waals surface area contributed by atoms with Gasteiger partial charge in [-0.15, -0.1) is 0 Å². The number of unbranched alkanes of at least 4 members (excludes halogenated alkanes) is 3. The first-order valence-electron chi connectivity index (χ1n) is 20.6. The molecule has 0 bridgehead atoms. The van der Waals surface area contributed by atoms with Crippen LogP contribution in [-0.4, -0.2) is 197 Å². The van der Waals surface area contributed by atoms with Gasteiger partial charge in [0.05, 0.1) is 26.1 Å². The zero-order chi connectivity index (χ0) is 44.5. The van der Waals surface area contributed by atoms with E-state index in [0.717, 1.165) is 36.8 Å². The van der Waals surface area contributed by atoms with Crippen LogP contribution in [0.3, 0.4) is 0 Å². The second kappa shape index (κ2) is 25.2. The van der Waals surface area contributed by atoms with Crippen LogP contribution in [0.4, 0.5) is 0 Å². The van der Waals surface area contributed by atoms with Gasteiger partial charge < -0.3 is 70.0 Å². The summed E-state index contributed by atoms with van der Waals surface area (Å²) in [7, 11) is 0. The number of carboxylic acid groups (broad SMARTS) is 2. The maximum absolute atomic E-state index is 11.5. The summed E-state index contributed by atoms with van der Waals surface area (Å²) in [5.41, 5.74) is 5.56. The van der Waals surface area contributed by atoms with Gasteiger partial charge in [0.1, 0.15) is 60.3 Å². The van der Waals surface area contributed by atoms with Crippen molar-refractivity contribution in [1.82, 2.24) is 0 Å². The van der Waals surface area contributed by atoms with Crippen molar-refractivity contribution < 1.29 is 79.6 Å². The molecule has 0 spiro atoms. The molecule has 2 radical (unpaired) electrons. The molecular formula is C46H54Na2O16. The van der Waals surface area contributed by atoms with Crippen molar-refractivity contribution in [2.24, 2.45) is 0 Å². The predicted octanol–water partition coefficient (Wildman–Crippen LogP) is 1.22. The Bertz CT molecular complexity index is 1990. The number of aliphatic hydroxyl groups is 8. The number of benzene rings is 4. The fourth-order valence-corrected chi connectivity index (χ4v) is 7.76. The summed E-state index contributed by atoms with van der Waals surface area (Å²) in [6, 6.07) is 24.9. The summed E-state index contributed by atoms with van der Waals surface area (Å²) < 4.78 is 23.3. The first-order valence-corrected chi connectivity index (χ1v) is 20.6. The van der Waals surface area contributed by atoms with E-state index in [-0.39, 0.29) is 83.5 Å². The van der Waals surface area contributed by atoms with E-state index in [4.69, 9.17) is 18.9 Å². The molecule has 4 aromatic carbocycles. The second-order valence-corrected chi connectivity index (χ2v) is 15.7. The fraction of sp³-hybridized carbons (Fsp3) is 0.435. The molecule has 0 aromatic heterocycles. The van der Waals surface area contributed by atoms with E-state index in [1.165, 1.54) is 0 Å². The van der Waals surface area contributed by atoms with E-state index in [1.807, 2.05) is 24.3 Å². The molecule has 2 aliphatic rings. The Kier molecular flexibility index (Phi) is 21.1. The molecule has 0 saturated carbocycles. The van der Waals surface area contributed by atoms with Gasteiger partial charge in [-0.2, -0.15) is 0 Å². The van der Waals surface area contributed by atoms with E-state index >= 15 is 0 Å². The molecular weight excluding hydrogens is 854 g/mol. The number of aliphatic carboxylic acids is 2. The number of aliphatic hydroxyl groups excluding tert-OH is 8. The molecule has 0 amide bonds. The minimum absolute atomic E-state index is 0. The Labute approximate surface area is 414 Å². The van der Waals surface area contributed by atoms with Gasteiger partial charge in [0.2, 0.25) is 12.6 Å². The van der Waals surface area contributed by atoms with Crippen molar-refractivity contribution in [2.75, 3.05) is 13.2 Å². The average Bonchev–Trinajstić information content (AvgIpc) is 3.25. The van der Waals surface area contributed by atoms with Crippen molar-refractivity contribution in [1.29, 1.82) is 0 Å². The molecule has 0 aliphatic carbocycles. The summed E-state index contributed by atoms with van der Waals surface area (Å²) >= 11 is 0. The molecule has 2 saturated heterocycles. The summed E-state index contributed by atoms with van der Waals surface area (Å²) in [6.45, 7) is -1.23. The van der Waals surface area contributed by atoms with Gasteiger partial charge in [0, 0.05) is 70.2 Å². The largest absolute Gasteiger partial charge is 0.481 e. The SMILES string of the molecule is O=C(O)Cc1cccc(-c2cc(CCCCCCc3ccc(O[C@H]4O[C@H](CO)[C@@H](O)[C@H](O)[C@@H]4O)c(-c4cccc(CC(=O)O)c4)c3)ccc2O[C@H]2O[C@H](CO)[C@@H](O)[C@H](O)[C@@H]2O)c1.[Na].[Na]. The van der Waals surface area contributed by atoms with Crippen LogP contribution >= 0.6 is 0 Å². The number of hydrogen-bond donors (Lipinski definition) is 10. The summed E-state index contributed by atoms with van der Waals surface area (Å²) in [5, 5.41) is 101. The summed E-state index contributed by atoms with van der Waals surface area (Å²) in [5.74, 6) is -1.42. The number of ether oxygens (including phenoxy) is 4. The van der Waals surface area contributed by atoms with Gasteiger partial charge in [-0.1, -0.05) is 73.5 Å². The van der Waals surface area contributed by atoms with Crippen molar-refractivity contribution in [3.05, 3.63) is 107 Å². The van der Waals surface area contributed by atoms with Gasteiger partial charge in [0.25, 0.3) is 0 Å². The number of hydrogen-bond acceptors (Lipinski definition) is 14. The molecule has 18 heteroatoms. The van der Waals surface area contributed by atoms with Crippen molar-refractivity contribution >= 4 is 71.1 Å². The van der Waals surface area contributed by atoms with Crippen molar-refractivity contribution in [2.45, 2.75) is 113 Å². The first-order chi connectivity index (χ1) is 29.8. The number of carboxylic acids is 2. The number of aryl methyl sites for hydroxylation is 2. The molecule has 64 heavy (non-hydrogen) atoms. The molecule has 10 atom stereocenters. The molecule has 2 fully saturated rings. The van der Waals surface area contributed by atoms with Gasteiger partial charge in [-0.05, 0) is 83.3 Å². The Hall–Kier alpha value is -2.98. The zero-order valence-electron chi connectivity index (χ0n) is 35.8. The Morgan fingerprint density at radius 1 is 0.484 bits per heavy atom. The van der Waals surface area contributed by atoms with E-state index < -0.39 is 86.6 Å². The van der Waals surface area contributed by atoms with E-state index in [9.17, 15) is 60.7 Å². The third kappa shape index (κ3) is 13.8. The Balaban J connectivity index is 0.00000449. The van der Waals surface area contributed by atoms with Crippen molar-refractivity contribution in [3.63, 3.8) is 0 Å². The topological polar surface area (TPSA) is 273 Å². The minimum Gasteiger partial charge on any atom is -0.481 e. The van der Waals surface area contributed by atoms with Crippen LogP contribution in [0.5, 0.6) is 11.5 Å². The van der Waals surface area contributed by atoms with Crippen LogP contribution in [0.2, 0.25) is 0 Å². The maximum atomic E-state index is 11.5. The fourth-order valence-electron chi connectivity index (χ4n) is 7.76. The molecule has 336 valence electrons. The average molecular weight is 909 g/mol. The third-order valence-electron chi connectivity index (χ3n) is 11.1. The molecule has 4 aromatic rings. The van der Waals surface area contributed by atoms with E-state index in [2.05, 4.69) is 0 Å². The Morgan fingerprint density at radius 2 is 0.875 bits per heavy atom. The van der Waals surface area contributed by atoms with E-state index in [1.54, 1.807) is 60.7 Å². The van der Waals surface area contributed by atoms with Crippen LogP contribution < -0.4 is 9.47 Å². The number of rotatable bonds is 19. The smallest absolute Gasteiger partial charge is 0.307 e. The first kappa shape index (κ1) is 53.6. The van der Waals surface area contributed by atoms with Gasteiger partial charge in [-0.3, -0.25) is 9.59 Å². The molecule has 2 aliphatic heterocycles. The summed E-state index contributed by atoms with van der Waals surface area (Å²) in [4.78, 5) is 23.0. The van der Waals surface area contributed by atoms with Crippen LogP contribution in [-0.2, 0) is 44.7 Å². The number of carbonyl (C=O) groups is 2. The molecule has 0 unspecified atom stereocenters. The van der Waals surface area contributed by atoms with Gasteiger partial charge >= 0.3 is 11.9 Å². The van der Waals surface area contributed by atoms with Gasteiger partial charge in [-0.25, -0.2) is 0 Å². The monoisotopic (exact) mass is 908 g/mol. The minimum atomic E-state index is -1.63. The van der Waals surface area contributed by atoms with E-state index in [0.29, 0.717) is 46.2 Å². The zero-order valence-corrected chi connectivity index (χ0v) is 39.8. The molecule has 16 nitrogen and oxygen atoms in total. The predicted molar refractivity (Wildman–Crippen MR) is 233 cm³/mol. The third-order valence-corrected chi connectivity index (χ3v) is 11.1. The molecule has 2 heterocycles. The molecule has 6 rings (SSSR count). The standard InChI is InChI=1S/C46H54O16.2Na/c47-23-35-39(53)41(55)43(57)45(61-35)59-33-15-13-25(19-31(33)29-11-5-9-27(17-29)21-37(49)50)7-3-1-2-4-8-26-14-16-34(60-46-44(58)42(56)40(54)36(24-48)62-46)32(20-26)30-12-6-10-28(18-30)22-38(51)52;;/h5-6,9-20,35-36,39-48,53-58H,1-4,7-8,21-24H2,(H,49,50)(H,51,52);;/t35-,36-,39-,40-,41+,42+,43+,44+,45+,46+;;/m1../s1. The van der Waals surface area contributed by atoms with Gasteiger partial charge in [0.15, 0.2) is 0 Å². The van der Waals surface area contributed by atoms with Crippen LogP contribution in [0.15, 0.2) is 84.9 Å². The quantitative estimate of drug-likeness (QED) is 0.0468. The Morgan fingerprint density at radius 3 is 1.23 bits per heavy atom. The van der Waals surface area contributed by atoms with Crippen molar-refractivity contribution in [3.8, 4) is 33.8 Å². The summed E-state index contributed by atoms with van der Waals surface area (Å²) in [6.07, 6.45) is -10.3. The normalized spacial score (nSPS) is 25.4. The van der Waals surface area contributed by atoms with Crippen LogP contribution in [0.1, 0.15) is 47.9 Å². The van der Waals surface area contributed by atoms with Crippen LogP contribution in [0, 0.1) is 0 Å². The maximum Gasteiger partial charge on any atom is 0.307 e. The second-order valence-electron chi connectivity index (χ2n) is 15.7. The van der Waals surface area contributed by atoms with Crippen LogP contribution in [0.25, 0.3) is 22.3 Å².